The monoisotopic (exact) mass is 597 g/mol. The van der Waals surface area contributed by atoms with Crippen molar-refractivity contribution in [2.75, 3.05) is 20.1 Å². The Bertz CT molecular complexity index is 1410. The predicted molar refractivity (Wildman–Crippen MR) is 158 cm³/mol. The number of rotatable bonds is 6. The van der Waals surface area contributed by atoms with Gasteiger partial charge in [0.05, 0.1) is 13.1 Å². The molecule has 0 radical (unpaired) electrons. The Morgan fingerprint density at radius 2 is 1.71 bits per heavy atom. The van der Waals surface area contributed by atoms with E-state index >= 15 is 0 Å². The molecule has 0 saturated carbocycles. The molecular weight excluding hydrogens is 565 g/mol. The number of carbonyl (C=O) groups excluding carboxylic acids is 3. The molecule has 11 heteroatoms. The molecule has 2 fully saturated rings. The van der Waals surface area contributed by atoms with Crippen molar-refractivity contribution in [3.63, 3.8) is 0 Å². The van der Waals surface area contributed by atoms with Gasteiger partial charge in [0.25, 0.3) is 0 Å². The van der Waals surface area contributed by atoms with Gasteiger partial charge in [-0.2, -0.15) is 0 Å². The number of piperazine rings is 1. The summed E-state index contributed by atoms with van der Waals surface area (Å²) in [6, 6.07) is 19.9. The van der Waals surface area contributed by atoms with Gasteiger partial charge in [-0.3, -0.25) is 9.59 Å². The van der Waals surface area contributed by atoms with E-state index in [1.807, 2.05) is 30.3 Å². The van der Waals surface area contributed by atoms with Crippen LogP contribution in [0.2, 0.25) is 10.0 Å². The summed E-state index contributed by atoms with van der Waals surface area (Å²) in [5, 5.41) is 16.7. The highest BCUT2D eigenvalue weighted by atomic mass is 35.5. The molecule has 0 aliphatic carbocycles. The Hall–Kier alpha value is -3.79. The van der Waals surface area contributed by atoms with Gasteiger partial charge in [-0.25, -0.2) is 14.8 Å². The fourth-order valence-corrected chi connectivity index (χ4v) is 5.68. The number of urea groups is 1. The van der Waals surface area contributed by atoms with E-state index in [2.05, 4.69) is 5.32 Å². The van der Waals surface area contributed by atoms with Gasteiger partial charge in [-0.1, -0.05) is 79.2 Å². The Kier molecular flexibility index (Phi) is 9.42. The van der Waals surface area contributed by atoms with Crippen molar-refractivity contribution in [1.82, 2.24) is 25.1 Å². The summed E-state index contributed by atoms with van der Waals surface area (Å²) in [5.74, 6) is -0.397. The SMILES string of the molecule is C.CN1CC(=O)N2C(CN(Cc3ccc(Cl)cc3Cl)C(=O)[C@@H]2Cc2ccc(O)cc2)N1C(=O)NCc1ccccc1. The third-order valence-electron chi connectivity index (χ3n) is 7.18. The number of hydrogen-bond acceptors (Lipinski definition) is 5. The predicted octanol–water partition coefficient (Wildman–Crippen LogP) is 4.52. The number of likely N-dealkylation sites (N-methyl/N-ethyl adjacent to an activating group) is 1. The molecular formula is C30H33Cl2N5O4. The Morgan fingerprint density at radius 1 is 1.00 bits per heavy atom. The molecule has 9 nitrogen and oxygen atoms in total. The first-order chi connectivity index (χ1) is 19.2. The molecule has 2 saturated heterocycles. The number of carbonyl (C=O) groups is 3. The molecule has 4 amide bonds. The lowest BCUT2D eigenvalue weighted by Crippen LogP contribution is -2.76. The molecule has 0 spiro atoms. The largest absolute Gasteiger partial charge is 0.508 e. The molecule has 2 N–H and O–H groups in total. The van der Waals surface area contributed by atoms with Crippen LogP contribution in [-0.2, 0) is 29.1 Å². The third kappa shape index (κ3) is 6.59. The topological polar surface area (TPSA) is 96.4 Å². The van der Waals surface area contributed by atoms with Crippen LogP contribution in [0, 0.1) is 0 Å². The summed E-state index contributed by atoms with van der Waals surface area (Å²) in [4.78, 5) is 44.1. The number of benzene rings is 3. The van der Waals surface area contributed by atoms with Crippen LogP contribution in [0.4, 0.5) is 4.79 Å². The average molecular weight is 599 g/mol. The quantitative estimate of drug-likeness (QED) is 0.435. The maximum atomic E-state index is 13.9. The highest BCUT2D eigenvalue weighted by Crippen LogP contribution is 2.30. The summed E-state index contributed by atoms with van der Waals surface area (Å²) in [6.45, 7) is 0.531. The number of halogens is 2. The van der Waals surface area contributed by atoms with Crippen molar-refractivity contribution >= 4 is 41.0 Å². The summed E-state index contributed by atoms with van der Waals surface area (Å²) in [6.07, 6.45) is -0.525. The number of phenolic OH excluding ortho intramolecular Hbond substituents is 1. The van der Waals surface area contributed by atoms with Crippen LogP contribution in [0.3, 0.4) is 0 Å². The highest BCUT2D eigenvalue weighted by Gasteiger charge is 2.50. The molecule has 3 aromatic rings. The Morgan fingerprint density at radius 3 is 2.39 bits per heavy atom. The second kappa shape index (κ2) is 12.8. The van der Waals surface area contributed by atoms with Crippen LogP contribution in [0.15, 0.2) is 72.8 Å². The number of nitrogens with zero attached hydrogens (tertiary/aromatic N) is 4. The summed E-state index contributed by atoms with van der Waals surface area (Å²) in [5.41, 5.74) is 2.41. The van der Waals surface area contributed by atoms with E-state index in [0.29, 0.717) is 22.2 Å². The Balaban J connectivity index is 0.00000387. The van der Waals surface area contributed by atoms with Crippen LogP contribution in [-0.4, -0.2) is 75.1 Å². The number of phenols is 1. The van der Waals surface area contributed by atoms with Gasteiger partial charge in [0.1, 0.15) is 18.0 Å². The highest BCUT2D eigenvalue weighted by molar-refractivity contribution is 6.35. The first-order valence-corrected chi connectivity index (χ1v) is 13.6. The minimum absolute atomic E-state index is 0. The molecule has 2 atom stereocenters. The van der Waals surface area contributed by atoms with Crippen molar-refractivity contribution in [2.45, 2.75) is 39.1 Å². The van der Waals surface area contributed by atoms with Crippen molar-refractivity contribution in [2.24, 2.45) is 0 Å². The minimum Gasteiger partial charge on any atom is -0.508 e. The summed E-state index contributed by atoms with van der Waals surface area (Å²) < 4.78 is 0. The van der Waals surface area contributed by atoms with Gasteiger partial charge in [0, 0.05) is 36.6 Å². The lowest BCUT2D eigenvalue weighted by molar-refractivity contribution is -0.187. The first-order valence-electron chi connectivity index (χ1n) is 12.8. The zero-order valence-electron chi connectivity index (χ0n) is 21.8. The summed E-state index contributed by atoms with van der Waals surface area (Å²) in [7, 11) is 1.68. The van der Waals surface area contributed by atoms with Crippen LogP contribution < -0.4 is 5.32 Å². The van der Waals surface area contributed by atoms with Crippen molar-refractivity contribution in [3.8, 4) is 5.75 Å². The molecule has 3 aromatic carbocycles. The van der Waals surface area contributed by atoms with Crippen LogP contribution in [0.5, 0.6) is 5.75 Å². The van der Waals surface area contributed by atoms with E-state index < -0.39 is 12.2 Å². The fraction of sp³-hybridized carbons (Fsp3) is 0.300. The van der Waals surface area contributed by atoms with E-state index in [0.717, 1.165) is 11.1 Å². The smallest absolute Gasteiger partial charge is 0.334 e. The van der Waals surface area contributed by atoms with Crippen molar-refractivity contribution in [1.29, 1.82) is 0 Å². The van der Waals surface area contributed by atoms with Gasteiger partial charge in [-0.15, -0.1) is 0 Å². The second-order valence-electron chi connectivity index (χ2n) is 9.93. The molecule has 0 bridgehead atoms. The zero-order valence-corrected chi connectivity index (χ0v) is 23.3. The van der Waals surface area contributed by atoms with Crippen LogP contribution in [0.25, 0.3) is 0 Å². The Labute approximate surface area is 249 Å². The van der Waals surface area contributed by atoms with Crippen LogP contribution in [0.1, 0.15) is 24.1 Å². The van der Waals surface area contributed by atoms with E-state index in [-0.39, 0.29) is 57.1 Å². The standard InChI is InChI=1S/C29H29Cl2N5O4.CH4/c1-33-18-27(38)35-25(13-19-7-11-23(37)12-8-19)28(39)34(16-21-9-10-22(30)14-24(21)31)17-26(35)36(33)29(40)32-15-20-5-3-2-4-6-20;/h2-12,14,25-26,37H,13,15-18H2,1H3,(H,32,40);1H4/t25-,26?;/m0./s1. The molecule has 0 aromatic heterocycles. The molecule has 5 rings (SSSR count). The average Bonchev–Trinajstić information content (AvgIpc) is 2.92. The first kappa shape index (κ1) is 30.2. The second-order valence-corrected chi connectivity index (χ2v) is 10.8. The minimum atomic E-state index is -0.861. The maximum Gasteiger partial charge on any atom is 0.334 e. The number of hydrazine groups is 1. The van der Waals surface area contributed by atoms with Gasteiger partial charge >= 0.3 is 6.03 Å². The molecule has 2 aliphatic rings. The number of hydrogen-bond donors (Lipinski definition) is 2. The summed E-state index contributed by atoms with van der Waals surface area (Å²) >= 11 is 12.5. The normalized spacial score (nSPS) is 19.0. The number of nitrogens with one attached hydrogen (secondary N) is 1. The van der Waals surface area contributed by atoms with Crippen molar-refractivity contribution in [3.05, 3.63) is 99.5 Å². The number of aromatic hydroxyl groups is 1. The van der Waals surface area contributed by atoms with E-state index in [9.17, 15) is 19.5 Å². The molecule has 1 unspecified atom stereocenters. The maximum absolute atomic E-state index is 13.9. The molecule has 2 heterocycles. The molecule has 216 valence electrons. The molecule has 41 heavy (non-hydrogen) atoms. The third-order valence-corrected chi connectivity index (χ3v) is 7.76. The van der Waals surface area contributed by atoms with E-state index in [1.165, 1.54) is 9.91 Å². The van der Waals surface area contributed by atoms with Crippen molar-refractivity contribution < 1.29 is 19.5 Å². The number of amides is 4. The fourth-order valence-electron chi connectivity index (χ4n) is 5.21. The van der Waals surface area contributed by atoms with E-state index in [1.54, 1.807) is 59.4 Å². The van der Waals surface area contributed by atoms with Crippen LogP contribution >= 0.6 is 23.2 Å². The van der Waals surface area contributed by atoms with Gasteiger partial charge in [-0.05, 0) is 41.0 Å². The van der Waals surface area contributed by atoms with Gasteiger partial charge in [0.15, 0.2) is 0 Å². The number of fused-ring (bicyclic) bond motifs is 1. The molecule has 2 aliphatic heterocycles. The zero-order chi connectivity index (χ0) is 28.4. The lowest BCUT2D eigenvalue weighted by atomic mass is 9.98. The van der Waals surface area contributed by atoms with Gasteiger partial charge < -0.3 is 20.2 Å². The van der Waals surface area contributed by atoms with Gasteiger partial charge in [0.2, 0.25) is 11.8 Å². The van der Waals surface area contributed by atoms with E-state index in [4.69, 9.17) is 23.2 Å². The lowest BCUT2D eigenvalue weighted by Gasteiger charge is -2.54.